The van der Waals surface area contributed by atoms with E-state index in [9.17, 15) is 9.18 Å². The number of benzene rings is 1. The molecule has 0 spiro atoms. The van der Waals surface area contributed by atoms with E-state index in [1.807, 2.05) is 0 Å². The van der Waals surface area contributed by atoms with Crippen LogP contribution in [0.4, 0.5) is 10.1 Å². The summed E-state index contributed by atoms with van der Waals surface area (Å²) in [6, 6.07) is 4.71. The van der Waals surface area contributed by atoms with E-state index in [-0.39, 0.29) is 30.2 Å². The lowest BCUT2D eigenvalue weighted by molar-refractivity contribution is -0.117. The number of ether oxygens (including phenoxy) is 1. The maximum atomic E-state index is 13.3. The van der Waals surface area contributed by atoms with E-state index in [2.05, 4.69) is 10.6 Å². The van der Waals surface area contributed by atoms with Gasteiger partial charge < -0.3 is 15.4 Å². The quantitative estimate of drug-likeness (QED) is 0.893. The van der Waals surface area contributed by atoms with Gasteiger partial charge in [-0.2, -0.15) is 0 Å². The molecule has 1 saturated heterocycles. The number of amides is 1. The van der Waals surface area contributed by atoms with Gasteiger partial charge in [0.25, 0.3) is 0 Å². The maximum Gasteiger partial charge on any atom is 0.226 e. The van der Waals surface area contributed by atoms with Crippen molar-refractivity contribution < 1.29 is 13.9 Å². The molecule has 0 saturated carbocycles. The summed E-state index contributed by atoms with van der Waals surface area (Å²) in [6.45, 7) is 3.66. The molecule has 6 heteroatoms. The Kier molecular flexibility index (Phi) is 6.21. The lowest BCUT2D eigenvalue weighted by atomic mass is 10.1. The molecule has 1 aromatic rings. The summed E-state index contributed by atoms with van der Waals surface area (Å²) in [5.41, 5.74) is 1.05. The summed E-state index contributed by atoms with van der Waals surface area (Å²) in [5, 5.41) is 5.88. The van der Waals surface area contributed by atoms with Crippen LogP contribution < -0.4 is 10.6 Å². The number of anilines is 1. The Balaban J connectivity index is 0.00000180. The van der Waals surface area contributed by atoms with Crippen LogP contribution in [0.5, 0.6) is 0 Å². The zero-order chi connectivity index (χ0) is 13.0. The van der Waals surface area contributed by atoms with Crippen molar-refractivity contribution in [1.29, 1.82) is 0 Å². The summed E-state index contributed by atoms with van der Waals surface area (Å²) in [4.78, 5) is 11.7. The Bertz CT molecular complexity index is 437. The van der Waals surface area contributed by atoms with Crippen molar-refractivity contribution >= 4 is 24.0 Å². The summed E-state index contributed by atoms with van der Waals surface area (Å²) in [5.74, 6) is -0.451. The van der Waals surface area contributed by atoms with Gasteiger partial charge in [0.2, 0.25) is 5.91 Å². The average Bonchev–Trinajstić information content (AvgIpc) is 2.35. The number of nitrogens with one attached hydrogen (secondary N) is 2. The van der Waals surface area contributed by atoms with Crippen molar-refractivity contribution in [2.45, 2.75) is 19.4 Å². The second-order valence-corrected chi connectivity index (χ2v) is 4.44. The number of hydrogen-bond acceptors (Lipinski definition) is 3. The zero-order valence-electron chi connectivity index (χ0n) is 10.7. The molecule has 1 atom stereocenters. The van der Waals surface area contributed by atoms with Gasteiger partial charge in [0.15, 0.2) is 0 Å². The van der Waals surface area contributed by atoms with Crippen LogP contribution in [0.3, 0.4) is 0 Å². The first-order valence-corrected chi connectivity index (χ1v) is 6.02. The van der Waals surface area contributed by atoms with Crippen LogP contribution in [0.15, 0.2) is 18.2 Å². The van der Waals surface area contributed by atoms with E-state index in [1.54, 1.807) is 19.1 Å². The van der Waals surface area contributed by atoms with Crippen LogP contribution >= 0.6 is 12.4 Å². The lowest BCUT2D eigenvalue weighted by Crippen LogP contribution is -2.43. The molecule has 1 fully saturated rings. The molecule has 19 heavy (non-hydrogen) atoms. The molecule has 0 bridgehead atoms. The number of halogens is 2. The van der Waals surface area contributed by atoms with E-state index in [0.29, 0.717) is 30.9 Å². The molecule has 2 rings (SSSR count). The van der Waals surface area contributed by atoms with Crippen molar-refractivity contribution in [3.05, 3.63) is 29.6 Å². The first-order chi connectivity index (χ1) is 8.65. The molecule has 1 aromatic carbocycles. The highest BCUT2D eigenvalue weighted by molar-refractivity contribution is 5.91. The van der Waals surface area contributed by atoms with Crippen LogP contribution in [0.2, 0.25) is 0 Å². The summed E-state index contributed by atoms with van der Waals surface area (Å²) in [7, 11) is 0. The SMILES string of the molecule is Cc1ccc(NC(=O)CC2COCCN2)cc1F.Cl. The number of carbonyl (C=O) groups is 1. The zero-order valence-corrected chi connectivity index (χ0v) is 11.6. The van der Waals surface area contributed by atoms with Crippen LogP contribution in [-0.4, -0.2) is 31.7 Å². The predicted molar refractivity (Wildman–Crippen MR) is 74.2 cm³/mol. The summed E-state index contributed by atoms with van der Waals surface area (Å²) in [6.07, 6.45) is 0.329. The minimum Gasteiger partial charge on any atom is -0.378 e. The van der Waals surface area contributed by atoms with Crippen molar-refractivity contribution in [1.82, 2.24) is 5.32 Å². The van der Waals surface area contributed by atoms with E-state index in [4.69, 9.17) is 4.74 Å². The molecule has 4 nitrogen and oxygen atoms in total. The highest BCUT2D eigenvalue weighted by Crippen LogP contribution is 2.14. The molecule has 2 N–H and O–H groups in total. The fourth-order valence-corrected chi connectivity index (χ4v) is 1.86. The predicted octanol–water partition coefficient (Wildman–Crippen LogP) is 1.87. The minimum absolute atomic E-state index is 0. The van der Waals surface area contributed by atoms with E-state index >= 15 is 0 Å². The largest absolute Gasteiger partial charge is 0.378 e. The normalized spacial score (nSPS) is 18.5. The molecule has 0 radical (unpaired) electrons. The topological polar surface area (TPSA) is 50.4 Å². The van der Waals surface area contributed by atoms with Crippen LogP contribution in [-0.2, 0) is 9.53 Å². The Labute approximate surface area is 118 Å². The average molecular weight is 289 g/mol. The molecule has 1 unspecified atom stereocenters. The third-order valence-electron chi connectivity index (χ3n) is 2.89. The highest BCUT2D eigenvalue weighted by Gasteiger charge is 2.16. The molecular formula is C13H18ClFN2O2. The van der Waals surface area contributed by atoms with Crippen molar-refractivity contribution in [3.8, 4) is 0 Å². The van der Waals surface area contributed by atoms with Crippen molar-refractivity contribution in [3.63, 3.8) is 0 Å². The number of aryl methyl sites for hydroxylation is 1. The van der Waals surface area contributed by atoms with Gasteiger partial charge in [0, 0.05) is 24.7 Å². The smallest absolute Gasteiger partial charge is 0.226 e. The van der Waals surface area contributed by atoms with Gasteiger partial charge in [0.05, 0.1) is 13.2 Å². The second-order valence-electron chi connectivity index (χ2n) is 4.44. The van der Waals surface area contributed by atoms with Gasteiger partial charge in [-0.15, -0.1) is 12.4 Å². The molecule has 1 aliphatic heterocycles. The molecule has 106 valence electrons. The van der Waals surface area contributed by atoms with Gasteiger partial charge in [0.1, 0.15) is 5.82 Å². The Morgan fingerprint density at radius 1 is 1.58 bits per heavy atom. The summed E-state index contributed by atoms with van der Waals surface area (Å²) >= 11 is 0. The number of morpholine rings is 1. The van der Waals surface area contributed by atoms with Crippen LogP contribution in [0, 0.1) is 12.7 Å². The molecule has 1 aliphatic rings. The Morgan fingerprint density at radius 3 is 3.00 bits per heavy atom. The van der Waals surface area contributed by atoms with Gasteiger partial charge >= 0.3 is 0 Å². The number of hydrogen-bond donors (Lipinski definition) is 2. The summed E-state index contributed by atoms with van der Waals surface area (Å²) < 4.78 is 18.6. The van der Waals surface area contributed by atoms with Crippen molar-refractivity contribution in [2.24, 2.45) is 0 Å². The fraction of sp³-hybridized carbons (Fsp3) is 0.462. The molecule has 0 aliphatic carbocycles. The van der Waals surface area contributed by atoms with E-state index in [1.165, 1.54) is 6.07 Å². The van der Waals surface area contributed by atoms with Gasteiger partial charge in [-0.3, -0.25) is 4.79 Å². The third-order valence-corrected chi connectivity index (χ3v) is 2.89. The molecular weight excluding hydrogens is 271 g/mol. The Hall–Kier alpha value is -1.17. The van der Waals surface area contributed by atoms with Crippen LogP contribution in [0.1, 0.15) is 12.0 Å². The van der Waals surface area contributed by atoms with Crippen molar-refractivity contribution in [2.75, 3.05) is 25.1 Å². The lowest BCUT2D eigenvalue weighted by Gasteiger charge is -2.23. The van der Waals surface area contributed by atoms with E-state index < -0.39 is 0 Å². The van der Waals surface area contributed by atoms with Crippen LogP contribution in [0.25, 0.3) is 0 Å². The number of carbonyl (C=O) groups excluding carboxylic acids is 1. The fourth-order valence-electron chi connectivity index (χ4n) is 1.86. The number of rotatable bonds is 3. The van der Waals surface area contributed by atoms with Gasteiger partial charge in [-0.05, 0) is 24.6 Å². The Morgan fingerprint density at radius 2 is 2.37 bits per heavy atom. The third kappa shape index (κ3) is 4.78. The molecule has 0 aromatic heterocycles. The first kappa shape index (κ1) is 15.9. The highest BCUT2D eigenvalue weighted by atomic mass is 35.5. The van der Waals surface area contributed by atoms with E-state index in [0.717, 1.165) is 6.54 Å². The molecule has 1 heterocycles. The van der Waals surface area contributed by atoms with Gasteiger partial charge in [-0.25, -0.2) is 4.39 Å². The molecule has 1 amide bonds. The standard InChI is InChI=1S/C13H17FN2O2.ClH/c1-9-2-3-10(6-12(9)14)16-13(17)7-11-8-18-5-4-15-11;/h2-3,6,11,15H,4-5,7-8H2,1H3,(H,16,17);1H. The van der Waals surface area contributed by atoms with Gasteiger partial charge in [-0.1, -0.05) is 6.07 Å². The second kappa shape index (κ2) is 7.43. The minimum atomic E-state index is -0.313. The monoisotopic (exact) mass is 288 g/mol. The maximum absolute atomic E-state index is 13.3. The first-order valence-electron chi connectivity index (χ1n) is 6.02.